The zero-order valence-corrected chi connectivity index (χ0v) is 12.1. The molecular formula is C14H19N3O4. The second-order valence-electron chi connectivity index (χ2n) is 5.06. The van der Waals surface area contributed by atoms with Crippen LogP contribution in [0.15, 0.2) is 18.2 Å². The highest BCUT2D eigenvalue weighted by Crippen LogP contribution is 2.15. The number of hydrogen-bond donors (Lipinski definition) is 4. The molecule has 1 aromatic carbocycles. The number of carboxylic acids is 1. The number of nitrogens with two attached hydrogens (primary N) is 1. The average molecular weight is 293 g/mol. The third-order valence-electron chi connectivity index (χ3n) is 2.97. The number of benzene rings is 1. The van der Waals surface area contributed by atoms with E-state index in [1.807, 2.05) is 0 Å². The normalized spacial score (nSPS) is 11.8. The van der Waals surface area contributed by atoms with Crippen molar-refractivity contribution in [3.8, 4) is 0 Å². The summed E-state index contributed by atoms with van der Waals surface area (Å²) in [6.07, 6.45) is 0. The summed E-state index contributed by atoms with van der Waals surface area (Å²) in [6.45, 7) is 5.16. The largest absolute Gasteiger partial charge is 0.478 e. The first-order chi connectivity index (χ1) is 9.72. The van der Waals surface area contributed by atoms with Gasteiger partial charge in [0.05, 0.1) is 5.56 Å². The molecule has 0 saturated carbocycles. The predicted molar refractivity (Wildman–Crippen MR) is 78.1 cm³/mol. The number of aryl methyl sites for hydroxylation is 1. The highest BCUT2D eigenvalue weighted by atomic mass is 16.4. The number of aromatic carboxylic acids is 1. The van der Waals surface area contributed by atoms with E-state index in [-0.39, 0.29) is 11.5 Å². The maximum atomic E-state index is 11.8. The van der Waals surface area contributed by atoms with E-state index < -0.39 is 23.9 Å². The number of hydrogen-bond acceptors (Lipinski definition) is 3. The Hall–Kier alpha value is -2.57. The molecule has 3 amide bonds. The monoisotopic (exact) mass is 293 g/mol. The van der Waals surface area contributed by atoms with Gasteiger partial charge in [-0.2, -0.15) is 0 Å². The van der Waals surface area contributed by atoms with Crippen LogP contribution in [0.1, 0.15) is 29.8 Å². The van der Waals surface area contributed by atoms with Crippen LogP contribution in [0.2, 0.25) is 0 Å². The van der Waals surface area contributed by atoms with E-state index >= 15 is 0 Å². The number of rotatable bonds is 5. The number of primary amides is 1. The highest BCUT2D eigenvalue weighted by Gasteiger charge is 2.21. The van der Waals surface area contributed by atoms with Crippen LogP contribution in [-0.4, -0.2) is 29.1 Å². The molecule has 0 aromatic heterocycles. The molecule has 5 N–H and O–H groups in total. The Labute approximate surface area is 122 Å². The smallest absolute Gasteiger partial charge is 0.335 e. The third kappa shape index (κ3) is 4.48. The van der Waals surface area contributed by atoms with Crippen molar-refractivity contribution < 1.29 is 19.5 Å². The lowest BCUT2D eigenvalue weighted by Gasteiger charge is -2.19. The topological polar surface area (TPSA) is 122 Å². The lowest BCUT2D eigenvalue weighted by Crippen LogP contribution is -2.49. The van der Waals surface area contributed by atoms with Crippen LogP contribution in [0.3, 0.4) is 0 Å². The fourth-order valence-electron chi connectivity index (χ4n) is 1.86. The minimum atomic E-state index is -1.03. The summed E-state index contributed by atoms with van der Waals surface area (Å²) in [5.74, 6) is -1.78. The predicted octanol–water partition coefficient (Wildman–Crippen LogP) is 1.32. The third-order valence-corrected chi connectivity index (χ3v) is 2.97. The van der Waals surface area contributed by atoms with E-state index in [4.69, 9.17) is 10.8 Å². The molecule has 7 nitrogen and oxygen atoms in total. The highest BCUT2D eigenvalue weighted by molar-refractivity contribution is 5.95. The van der Waals surface area contributed by atoms with E-state index in [0.717, 1.165) is 0 Å². The Morgan fingerprint density at radius 3 is 2.29 bits per heavy atom. The van der Waals surface area contributed by atoms with Crippen molar-refractivity contribution in [3.63, 3.8) is 0 Å². The van der Waals surface area contributed by atoms with E-state index in [9.17, 15) is 14.4 Å². The standard InChI is InChI=1S/C14H19N3O4/c1-7(2)11(12(15)18)17-14(21)16-9-4-5-10(13(19)20)8(3)6-9/h4-7,11H,1-3H3,(H2,15,18)(H,19,20)(H2,16,17,21). The van der Waals surface area contributed by atoms with Crippen molar-refractivity contribution >= 4 is 23.6 Å². The van der Waals surface area contributed by atoms with Crippen LogP contribution in [0.25, 0.3) is 0 Å². The number of anilines is 1. The molecule has 0 heterocycles. The zero-order valence-electron chi connectivity index (χ0n) is 12.1. The van der Waals surface area contributed by atoms with Crippen molar-refractivity contribution in [2.24, 2.45) is 11.7 Å². The summed E-state index contributed by atoms with van der Waals surface area (Å²) < 4.78 is 0. The van der Waals surface area contributed by atoms with Gasteiger partial charge in [-0.05, 0) is 36.6 Å². The number of carbonyl (C=O) groups is 3. The minimum absolute atomic E-state index is 0.135. The summed E-state index contributed by atoms with van der Waals surface area (Å²) >= 11 is 0. The van der Waals surface area contributed by atoms with Crippen molar-refractivity contribution in [3.05, 3.63) is 29.3 Å². The first-order valence-electron chi connectivity index (χ1n) is 6.43. The summed E-state index contributed by atoms with van der Waals surface area (Å²) in [7, 11) is 0. The van der Waals surface area contributed by atoms with Crippen molar-refractivity contribution in [1.29, 1.82) is 0 Å². The average Bonchev–Trinajstić information content (AvgIpc) is 2.34. The molecule has 0 saturated heterocycles. The van der Waals surface area contributed by atoms with Crippen LogP contribution in [0.4, 0.5) is 10.5 Å². The van der Waals surface area contributed by atoms with Gasteiger partial charge in [0.1, 0.15) is 6.04 Å². The molecule has 1 unspecified atom stereocenters. The number of carbonyl (C=O) groups excluding carboxylic acids is 2. The van der Waals surface area contributed by atoms with Crippen LogP contribution in [0.5, 0.6) is 0 Å². The molecule has 1 aromatic rings. The lowest BCUT2D eigenvalue weighted by atomic mass is 10.0. The summed E-state index contributed by atoms with van der Waals surface area (Å²) in [5, 5.41) is 13.9. The van der Waals surface area contributed by atoms with E-state index in [1.54, 1.807) is 20.8 Å². The summed E-state index contributed by atoms with van der Waals surface area (Å²) in [4.78, 5) is 33.9. The number of nitrogens with one attached hydrogen (secondary N) is 2. The van der Waals surface area contributed by atoms with Crippen molar-refractivity contribution in [2.45, 2.75) is 26.8 Å². The fraction of sp³-hybridized carbons (Fsp3) is 0.357. The van der Waals surface area contributed by atoms with Crippen LogP contribution >= 0.6 is 0 Å². The van der Waals surface area contributed by atoms with Gasteiger partial charge < -0.3 is 21.5 Å². The van der Waals surface area contributed by atoms with E-state index in [1.165, 1.54) is 18.2 Å². The molecule has 7 heteroatoms. The Morgan fingerprint density at radius 2 is 1.86 bits per heavy atom. The van der Waals surface area contributed by atoms with Crippen LogP contribution in [-0.2, 0) is 4.79 Å². The SMILES string of the molecule is Cc1cc(NC(=O)NC(C(N)=O)C(C)C)ccc1C(=O)O. The number of urea groups is 1. The molecule has 0 bridgehead atoms. The quantitative estimate of drug-likeness (QED) is 0.654. The molecule has 0 aliphatic rings. The molecule has 0 spiro atoms. The van der Waals surface area contributed by atoms with E-state index in [0.29, 0.717) is 11.3 Å². The second kappa shape index (κ2) is 6.74. The van der Waals surface area contributed by atoms with Gasteiger partial charge in [0.15, 0.2) is 0 Å². The van der Waals surface area contributed by atoms with Crippen molar-refractivity contribution in [2.75, 3.05) is 5.32 Å². The number of amides is 3. The molecule has 1 rings (SSSR count). The zero-order chi connectivity index (χ0) is 16.2. The van der Waals surface area contributed by atoms with Gasteiger partial charge in [-0.1, -0.05) is 13.8 Å². The molecule has 0 aliphatic carbocycles. The number of carboxylic acid groups (broad SMARTS) is 1. The Balaban J connectivity index is 2.77. The minimum Gasteiger partial charge on any atom is -0.478 e. The molecule has 21 heavy (non-hydrogen) atoms. The molecule has 1 atom stereocenters. The maximum absolute atomic E-state index is 11.8. The van der Waals surface area contributed by atoms with Crippen LogP contribution in [0, 0.1) is 12.8 Å². The first kappa shape index (κ1) is 16.5. The molecule has 0 fully saturated rings. The summed E-state index contributed by atoms with van der Waals surface area (Å²) in [5.41, 5.74) is 6.33. The Bertz CT molecular complexity index is 569. The van der Waals surface area contributed by atoms with Gasteiger partial charge >= 0.3 is 12.0 Å². The van der Waals surface area contributed by atoms with Crippen LogP contribution < -0.4 is 16.4 Å². The van der Waals surface area contributed by atoms with Crippen molar-refractivity contribution in [1.82, 2.24) is 5.32 Å². The fourth-order valence-corrected chi connectivity index (χ4v) is 1.86. The van der Waals surface area contributed by atoms with Gasteiger partial charge in [0, 0.05) is 5.69 Å². The Morgan fingerprint density at radius 1 is 1.24 bits per heavy atom. The molecular weight excluding hydrogens is 274 g/mol. The molecule has 0 radical (unpaired) electrons. The lowest BCUT2D eigenvalue weighted by molar-refractivity contribution is -0.120. The second-order valence-corrected chi connectivity index (χ2v) is 5.06. The maximum Gasteiger partial charge on any atom is 0.335 e. The van der Waals surface area contributed by atoms with Gasteiger partial charge in [0.25, 0.3) is 0 Å². The van der Waals surface area contributed by atoms with Gasteiger partial charge in [-0.15, -0.1) is 0 Å². The van der Waals surface area contributed by atoms with Gasteiger partial charge in [-0.3, -0.25) is 4.79 Å². The Kier molecular flexibility index (Phi) is 5.29. The summed E-state index contributed by atoms with van der Waals surface area (Å²) in [6, 6.07) is 3.07. The van der Waals surface area contributed by atoms with Gasteiger partial charge in [-0.25, -0.2) is 9.59 Å². The van der Waals surface area contributed by atoms with Gasteiger partial charge in [0.2, 0.25) is 5.91 Å². The molecule has 0 aliphatic heterocycles. The molecule has 114 valence electrons. The first-order valence-corrected chi connectivity index (χ1v) is 6.43. The van der Waals surface area contributed by atoms with E-state index in [2.05, 4.69) is 10.6 Å².